The predicted molar refractivity (Wildman–Crippen MR) is 51.4 cm³/mol. The Labute approximate surface area is 86.2 Å². The van der Waals surface area contributed by atoms with Gasteiger partial charge in [0.05, 0.1) is 25.3 Å². The lowest BCUT2D eigenvalue weighted by Gasteiger charge is -2.08. The fourth-order valence-electron chi connectivity index (χ4n) is 1.16. The van der Waals surface area contributed by atoms with Gasteiger partial charge >= 0.3 is 5.97 Å². The fourth-order valence-corrected chi connectivity index (χ4v) is 1.16. The van der Waals surface area contributed by atoms with Crippen molar-refractivity contribution in [3.63, 3.8) is 0 Å². The van der Waals surface area contributed by atoms with Gasteiger partial charge in [0.2, 0.25) is 0 Å². The Morgan fingerprint density at radius 3 is 2.53 bits per heavy atom. The van der Waals surface area contributed by atoms with Crippen molar-refractivity contribution in [3.8, 4) is 11.5 Å². The second kappa shape index (κ2) is 4.45. The zero-order valence-corrected chi connectivity index (χ0v) is 8.31. The van der Waals surface area contributed by atoms with E-state index in [-0.39, 0.29) is 22.6 Å². The molecule has 0 saturated heterocycles. The van der Waals surface area contributed by atoms with Crippen LogP contribution in [0.25, 0.3) is 0 Å². The lowest BCUT2D eigenvalue weighted by molar-refractivity contribution is 0.0597. The third-order valence-corrected chi connectivity index (χ3v) is 1.92. The van der Waals surface area contributed by atoms with E-state index in [1.165, 1.54) is 26.4 Å². The molecule has 80 valence electrons. The van der Waals surface area contributed by atoms with Crippen LogP contribution in [0.3, 0.4) is 0 Å². The van der Waals surface area contributed by atoms with Gasteiger partial charge < -0.3 is 14.6 Å². The van der Waals surface area contributed by atoms with Crippen molar-refractivity contribution in [1.29, 1.82) is 0 Å². The van der Waals surface area contributed by atoms with Crippen LogP contribution < -0.4 is 4.74 Å². The van der Waals surface area contributed by atoms with Gasteiger partial charge in [0.25, 0.3) is 0 Å². The average Bonchev–Trinajstić information content (AvgIpc) is 2.27. The first-order valence-electron chi connectivity index (χ1n) is 4.09. The Balaban J connectivity index is 3.37. The quantitative estimate of drug-likeness (QED) is 0.595. The van der Waals surface area contributed by atoms with E-state index in [4.69, 9.17) is 4.74 Å². The number of ether oxygens (including phenoxy) is 2. The number of aldehydes is 1. The summed E-state index contributed by atoms with van der Waals surface area (Å²) in [6.45, 7) is 0. The summed E-state index contributed by atoms with van der Waals surface area (Å²) in [5.41, 5.74) is -0.132. The van der Waals surface area contributed by atoms with Gasteiger partial charge in [0.1, 0.15) is 0 Å². The molecule has 0 heterocycles. The third-order valence-electron chi connectivity index (χ3n) is 1.92. The van der Waals surface area contributed by atoms with E-state index in [1.807, 2.05) is 0 Å². The van der Waals surface area contributed by atoms with Gasteiger partial charge in [0.15, 0.2) is 17.8 Å². The Morgan fingerprint density at radius 1 is 1.40 bits per heavy atom. The molecule has 0 spiro atoms. The van der Waals surface area contributed by atoms with Crippen LogP contribution in [0.2, 0.25) is 0 Å². The predicted octanol–water partition coefficient (Wildman–Crippen LogP) is 1.000. The molecule has 5 nitrogen and oxygen atoms in total. The fraction of sp³-hybridized carbons (Fsp3) is 0.200. The van der Waals surface area contributed by atoms with Gasteiger partial charge in [-0.05, 0) is 12.1 Å². The SMILES string of the molecule is COC(=O)c1ccc(OC)c(O)c1C=O. The van der Waals surface area contributed by atoms with Crippen molar-refractivity contribution < 1.29 is 24.2 Å². The summed E-state index contributed by atoms with van der Waals surface area (Å²) in [5.74, 6) is -0.921. The summed E-state index contributed by atoms with van der Waals surface area (Å²) in [6, 6.07) is 2.74. The summed E-state index contributed by atoms with van der Waals surface area (Å²) >= 11 is 0. The van der Waals surface area contributed by atoms with E-state index in [1.54, 1.807) is 0 Å². The maximum absolute atomic E-state index is 11.2. The molecule has 0 bridgehead atoms. The smallest absolute Gasteiger partial charge is 0.338 e. The first-order chi connectivity index (χ1) is 7.15. The van der Waals surface area contributed by atoms with Crippen LogP contribution in [-0.4, -0.2) is 31.6 Å². The van der Waals surface area contributed by atoms with Crippen LogP contribution in [0.4, 0.5) is 0 Å². The van der Waals surface area contributed by atoms with E-state index in [9.17, 15) is 14.7 Å². The number of phenols is 1. The summed E-state index contributed by atoms with van der Waals surface area (Å²) in [6.07, 6.45) is 0.379. The van der Waals surface area contributed by atoms with Crippen LogP contribution in [-0.2, 0) is 4.74 Å². The standard InChI is InChI=1S/C10H10O5/c1-14-8-4-3-6(10(13)15-2)7(5-11)9(8)12/h3-5,12H,1-2H3. The molecule has 1 aromatic carbocycles. The molecule has 0 aliphatic heterocycles. The number of benzene rings is 1. The van der Waals surface area contributed by atoms with Gasteiger partial charge in [-0.1, -0.05) is 0 Å². The number of methoxy groups -OCH3 is 2. The maximum atomic E-state index is 11.2. The normalized spacial score (nSPS) is 9.47. The van der Waals surface area contributed by atoms with Gasteiger partial charge in [-0.25, -0.2) is 4.79 Å². The van der Waals surface area contributed by atoms with Gasteiger partial charge in [-0.15, -0.1) is 0 Å². The molecule has 0 saturated carbocycles. The average molecular weight is 210 g/mol. The zero-order chi connectivity index (χ0) is 11.4. The second-order valence-electron chi connectivity index (χ2n) is 2.69. The van der Waals surface area contributed by atoms with Crippen molar-refractivity contribution >= 4 is 12.3 Å². The summed E-state index contributed by atoms with van der Waals surface area (Å²) < 4.78 is 9.25. The van der Waals surface area contributed by atoms with E-state index < -0.39 is 5.97 Å². The number of carbonyl (C=O) groups excluding carboxylic acids is 2. The first-order valence-corrected chi connectivity index (χ1v) is 4.09. The van der Waals surface area contributed by atoms with E-state index in [0.717, 1.165) is 0 Å². The molecule has 0 radical (unpaired) electrons. The Hall–Kier alpha value is -2.04. The molecule has 1 rings (SSSR count). The van der Waals surface area contributed by atoms with Gasteiger partial charge in [-0.3, -0.25) is 4.79 Å². The van der Waals surface area contributed by atoms with Crippen LogP contribution in [0.1, 0.15) is 20.7 Å². The lowest BCUT2D eigenvalue weighted by atomic mass is 10.1. The molecule has 15 heavy (non-hydrogen) atoms. The van der Waals surface area contributed by atoms with Crippen LogP contribution in [0.15, 0.2) is 12.1 Å². The Morgan fingerprint density at radius 2 is 2.07 bits per heavy atom. The minimum atomic E-state index is -0.685. The molecule has 0 aliphatic rings. The van der Waals surface area contributed by atoms with E-state index in [0.29, 0.717) is 6.29 Å². The van der Waals surface area contributed by atoms with E-state index in [2.05, 4.69) is 4.74 Å². The molecule has 0 amide bonds. The van der Waals surface area contributed by atoms with Crippen LogP contribution in [0, 0.1) is 0 Å². The van der Waals surface area contributed by atoms with Crippen molar-refractivity contribution in [2.24, 2.45) is 0 Å². The largest absolute Gasteiger partial charge is 0.504 e. The minimum Gasteiger partial charge on any atom is -0.504 e. The molecule has 0 aliphatic carbocycles. The molecule has 0 unspecified atom stereocenters. The molecular weight excluding hydrogens is 200 g/mol. The molecular formula is C10H10O5. The number of hydrogen-bond donors (Lipinski definition) is 1. The number of rotatable bonds is 3. The number of esters is 1. The zero-order valence-electron chi connectivity index (χ0n) is 8.31. The topological polar surface area (TPSA) is 72.8 Å². The number of phenolic OH excluding ortho intramolecular Hbond substituents is 1. The van der Waals surface area contributed by atoms with E-state index >= 15 is 0 Å². The highest BCUT2D eigenvalue weighted by atomic mass is 16.5. The van der Waals surface area contributed by atoms with Gasteiger partial charge in [-0.2, -0.15) is 0 Å². The summed E-state index contributed by atoms with van der Waals surface area (Å²) in [5, 5.41) is 9.55. The van der Waals surface area contributed by atoms with Gasteiger partial charge in [0, 0.05) is 0 Å². The third kappa shape index (κ3) is 1.90. The van der Waals surface area contributed by atoms with Crippen molar-refractivity contribution in [2.75, 3.05) is 14.2 Å². The highest BCUT2D eigenvalue weighted by Crippen LogP contribution is 2.31. The highest BCUT2D eigenvalue weighted by Gasteiger charge is 2.18. The summed E-state index contributed by atoms with van der Waals surface area (Å²) in [4.78, 5) is 21.9. The maximum Gasteiger partial charge on any atom is 0.338 e. The highest BCUT2D eigenvalue weighted by molar-refractivity contribution is 6.00. The first kappa shape index (κ1) is 11.0. The second-order valence-corrected chi connectivity index (χ2v) is 2.69. The Bertz CT molecular complexity index is 397. The number of aromatic hydroxyl groups is 1. The lowest BCUT2D eigenvalue weighted by Crippen LogP contribution is -2.06. The molecule has 0 atom stereocenters. The van der Waals surface area contributed by atoms with Crippen LogP contribution >= 0.6 is 0 Å². The molecule has 0 aromatic heterocycles. The molecule has 1 N–H and O–H groups in total. The van der Waals surface area contributed by atoms with Crippen molar-refractivity contribution in [2.45, 2.75) is 0 Å². The monoisotopic (exact) mass is 210 g/mol. The van der Waals surface area contributed by atoms with Crippen molar-refractivity contribution in [1.82, 2.24) is 0 Å². The number of hydrogen-bond acceptors (Lipinski definition) is 5. The van der Waals surface area contributed by atoms with Crippen molar-refractivity contribution in [3.05, 3.63) is 23.3 Å². The molecule has 5 heteroatoms. The summed E-state index contributed by atoms with van der Waals surface area (Å²) in [7, 11) is 2.54. The number of carbonyl (C=O) groups is 2. The minimum absolute atomic E-state index is 0.00537. The molecule has 0 fully saturated rings. The Kier molecular flexibility index (Phi) is 3.28. The molecule has 1 aromatic rings. The van der Waals surface area contributed by atoms with Crippen LogP contribution in [0.5, 0.6) is 11.5 Å².